The zero-order chi connectivity index (χ0) is 44.3. The number of phosphoric acid groups is 1. The van der Waals surface area contributed by atoms with Gasteiger partial charge in [0.2, 0.25) is 5.91 Å². The van der Waals surface area contributed by atoms with E-state index in [1.807, 2.05) is 21.1 Å². The van der Waals surface area contributed by atoms with Crippen molar-refractivity contribution in [2.24, 2.45) is 0 Å². The standard InChI is InChI=1S/C51H97N2O6P/c1-6-8-10-11-12-13-14-15-16-17-18-19-20-21-22-23-24-25-26-27-28-29-30-31-32-33-34-35-36-37-38-39-40-41-43-45-51(55)52-49(50(54)44-42-9-7-2)48-59-60(56,57)58-47-46-53(3,4)5/h8,10,12-13,15-16,18-19,49-50,54H,6-7,9,11,14,17,20-48H2,1-5H3,(H-,52,55,56,57)/p+1/b10-8-,13-12-,16-15-,19-18-. The van der Waals surface area contributed by atoms with Crippen molar-refractivity contribution in [3.8, 4) is 0 Å². The van der Waals surface area contributed by atoms with E-state index in [9.17, 15) is 19.4 Å². The molecule has 0 aromatic rings. The molecule has 0 saturated carbocycles. The number of aliphatic hydroxyl groups is 1. The lowest BCUT2D eigenvalue weighted by Gasteiger charge is -2.26. The quantitative estimate of drug-likeness (QED) is 0.0244. The molecule has 0 bridgehead atoms. The van der Waals surface area contributed by atoms with Gasteiger partial charge in [0.1, 0.15) is 13.2 Å². The maximum atomic E-state index is 12.7. The molecule has 1 amide bonds. The topological polar surface area (TPSA) is 105 Å². The van der Waals surface area contributed by atoms with Crippen LogP contribution in [0.5, 0.6) is 0 Å². The number of quaternary nitrogens is 1. The van der Waals surface area contributed by atoms with Crippen LogP contribution in [-0.4, -0.2) is 73.4 Å². The molecule has 3 N–H and O–H groups in total. The van der Waals surface area contributed by atoms with Gasteiger partial charge < -0.3 is 19.8 Å². The molecule has 0 aromatic heterocycles. The van der Waals surface area contributed by atoms with Crippen LogP contribution in [-0.2, 0) is 18.4 Å². The summed E-state index contributed by atoms with van der Waals surface area (Å²) in [6.45, 7) is 4.61. The van der Waals surface area contributed by atoms with E-state index in [2.05, 4.69) is 67.8 Å². The fourth-order valence-corrected chi connectivity index (χ4v) is 7.89. The number of phosphoric ester groups is 1. The Labute approximate surface area is 371 Å². The molecule has 0 fully saturated rings. The van der Waals surface area contributed by atoms with Crippen LogP contribution in [0.3, 0.4) is 0 Å². The lowest BCUT2D eigenvalue weighted by atomic mass is 10.0. The predicted molar refractivity (Wildman–Crippen MR) is 258 cm³/mol. The summed E-state index contributed by atoms with van der Waals surface area (Å²) in [5.74, 6) is -0.154. The van der Waals surface area contributed by atoms with Crippen LogP contribution in [0.4, 0.5) is 0 Å². The van der Waals surface area contributed by atoms with Crippen molar-refractivity contribution in [2.45, 2.75) is 231 Å². The van der Waals surface area contributed by atoms with Crippen LogP contribution in [0, 0.1) is 0 Å². The van der Waals surface area contributed by atoms with E-state index >= 15 is 0 Å². The molecule has 0 aromatic carbocycles. The number of unbranched alkanes of at least 4 members (excludes halogenated alkanes) is 24. The molecule has 352 valence electrons. The van der Waals surface area contributed by atoms with Crippen molar-refractivity contribution in [2.75, 3.05) is 40.9 Å². The highest BCUT2D eigenvalue weighted by atomic mass is 31.2. The largest absolute Gasteiger partial charge is 0.472 e. The first-order valence-corrected chi connectivity index (χ1v) is 26.5. The van der Waals surface area contributed by atoms with Crippen molar-refractivity contribution >= 4 is 13.7 Å². The van der Waals surface area contributed by atoms with Crippen molar-refractivity contribution in [1.29, 1.82) is 0 Å². The Morgan fingerprint density at radius 1 is 0.583 bits per heavy atom. The third kappa shape index (κ3) is 44.5. The molecule has 0 radical (unpaired) electrons. The van der Waals surface area contributed by atoms with Gasteiger partial charge in [0.15, 0.2) is 0 Å². The Morgan fingerprint density at radius 2 is 1.00 bits per heavy atom. The summed E-state index contributed by atoms with van der Waals surface area (Å²) in [5, 5.41) is 13.6. The number of rotatable bonds is 45. The minimum absolute atomic E-state index is 0.0737. The second-order valence-corrected chi connectivity index (χ2v) is 19.6. The Bertz CT molecular complexity index is 1120. The minimum Gasteiger partial charge on any atom is -0.391 e. The van der Waals surface area contributed by atoms with Gasteiger partial charge in [-0.05, 0) is 51.4 Å². The molecule has 0 saturated heterocycles. The average Bonchev–Trinajstić information content (AvgIpc) is 3.20. The summed E-state index contributed by atoms with van der Waals surface area (Å²) in [6.07, 6.45) is 55.5. The number of aliphatic hydroxyl groups excluding tert-OH is 1. The monoisotopic (exact) mass is 866 g/mol. The van der Waals surface area contributed by atoms with Crippen molar-refractivity contribution in [1.82, 2.24) is 5.32 Å². The summed E-state index contributed by atoms with van der Waals surface area (Å²) in [6, 6.07) is -0.754. The highest BCUT2D eigenvalue weighted by molar-refractivity contribution is 7.47. The molecule has 0 rings (SSSR count). The van der Waals surface area contributed by atoms with Gasteiger partial charge >= 0.3 is 7.82 Å². The molecule has 0 aliphatic rings. The summed E-state index contributed by atoms with van der Waals surface area (Å²) in [5.41, 5.74) is 0. The fourth-order valence-electron chi connectivity index (χ4n) is 7.16. The third-order valence-electron chi connectivity index (χ3n) is 11.1. The van der Waals surface area contributed by atoms with Crippen molar-refractivity contribution in [3.63, 3.8) is 0 Å². The Kier molecular flexibility index (Phi) is 41.6. The molecule has 0 aliphatic heterocycles. The molecule has 0 spiro atoms. The summed E-state index contributed by atoms with van der Waals surface area (Å²) < 4.78 is 23.3. The molecular formula is C51H98N2O6P+. The van der Waals surface area contributed by atoms with Gasteiger partial charge in [0.05, 0.1) is 39.9 Å². The predicted octanol–water partition coefficient (Wildman–Crippen LogP) is 14.4. The molecule has 60 heavy (non-hydrogen) atoms. The van der Waals surface area contributed by atoms with Gasteiger partial charge in [-0.2, -0.15) is 0 Å². The van der Waals surface area contributed by atoms with E-state index < -0.39 is 20.0 Å². The van der Waals surface area contributed by atoms with E-state index in [1.54, 1.807) is 0 Å². The van der Waals surface area contributed by atoms with E-state index in [0.29, 0.717) is 23.9 Å². The molecule has 9 heteroatoms. The molecular weight excluding hydrogens is 768 g/mol. The number of nitrogens with one attached hydrogen (secondary N) is 1. The number of carbonyl (C=O) groups is 1. The second kappa shape index (κ2) is 42.7. The van der Waals surface area contributed by atoms with Crippen LogP contribution in [0.25, 0.3) is 0 Å². The molecule has 0 aliphatic carbocycles. The maximum Gasteiger partial charge on any atom is 0.472 e. The van der Waals surface area contributed by atoms with E-state index in [-0.39, 0.29) is 19.1 Å². The molecule has 8 nitrogen and oxygen atoms in total. The number of nitrogens with zero attached hydrogens (tertiary/aromatic N) is 1. The number of hydrogen-bond acceptors (Lipinski definition) is 5. The van der Waals surface area contributed by atoms with E-state index in [1.165, 1.54) is 128 Å². The Morgan fingerprint density at radius 3 is 1.43 bits per heavy atom. The van der Waals surface area contributed by atoms with Gasteiger partial charge in [0, 0.05) is 6.42 Å². The number of allylic oxidation sites excluding steroid dienone is 8. The molecule has 3 unspecified atom stereocenters. The van der Waals surface area contributed by atoms with Crippen LogP contribution in [0.2, 0.25) is 0 Å². The summed E-state index contributed by atoms with van der Waals surface area (Å²) in [7, 11) is 1.61. The Balaban J connectivity index is 3.67. The maximum absolute atomic E-state index is 12.7. The first-order valence-electron chi connectivity index (χ1n) is 25.0. The second-order valence-electron chi connectivity index (χ2n) is 18.2. The Hall–Kier alpha value is -1.54. The van der Waals surface area contributed by atoms with Crippen LogP contribution < -0.4 is 5.32 Å². The first-order chi connectivity index (χ1) is 29.0. The highest BCUT2D eigenvalue weighted by Gasteiger charge is 2.28. The van der Waals surface area contributed by atoms with Gasteiger partial charge in [-0.1, -0.05) is 210 Å². The van der Waals surface area contributed by atoms with Crippen LogP contribution in [0.1, 0.15) is 219 Å². The van der Waals surface area contributed by atoms with Gasteiger partial charge in [-0.25, -0.2) is 4.57 Å². The van der Waals surface area contributed by atoms with Crippen LogP contribution >= 0.6 is 7.82 Å². The van der Waals surface area contributed by atoms with Gasteiger partial charge in [-0.15, -0.1) is 0 Å². The zero-order valence-corrected chi connectivity index (χ0v) is 40.8. The SMILES string of the molecule is CC/C=C\C/C=C\C/C=C\C/C=C\CCCCCCCCCCCCCCCCCCCCCCCCC(=O)NC(COP(=O)(O)OCC[N+](C)(C)C)C(O)CCCCC. The lowest BCUT2D eigenvalue weighted by Crippen LogP contribution is -2.46. The van der Waals surface area contributed by atoms with Gasteiger partial charge in [-0.3, -0.25) is 13.8 Å². The summed E-state index contributed by atoms with van der Waals surface area (Å²) in [4.78, 5) is 22.9. The number of amides is 1. The molecule has 0 heterocycles. The fraction of sp³-hybridized carbons (Fsp3) is 0.824. The average molecular weight is 866 g/mol. The van der Waals surface area contributed by atoms with Gasteiger partial charge in [0.25, 0.3) is 0 Å². The summed E-state index contributed by atoms with van der Waals surface area (Å²) >= 11 is 0. The highest BCUT2D eigenvalue weighted by Crippen LogP contribution is 2.43. The number of carbonyl (C=O) groups excluding carboxylic acids is 1. The number of hydrogen-bond donors (Lipinski definition) is 3. The molecule has 3 atom stereocenters. The van der Waals surface area contributed by atoms with E-state index in [4.69, 9.17) is 9.05 Å². The minimum atomic E-state index is -4.29. The van der Waals surface area contributed by atoms with Crippen molar-refractivity contribution in [3.05, 3.63) is 48.6 Å². The van der Waals surface area contributed by atoms with E-state index in [0.717, 1.165) is 64.2 Å². The van der Waals surface area contributed by atoms with Crippen LogP contribution in [0.15, 0.2) is 48.6 Å². The van der Waals surface area contributed by atoms with Crippen molar-refractivity contribution < 1.29 is 32.9 Å². The first kappa shape index (κ1) is 58.5. The number of likely N-dealkylation sites (N-methyl/N-ethyl adjacent to an activating group) is 1. The normalized spacial score (nSPS) is 14.6. The third-order valence-corrected chi connectivity index (χ3v) is 12.1. The zero-order valence-electron chi connectivity index (χ0n) is 39.9. The smallest absolute Gasteiger partial charge is 0.391 e. The lowest BCUT2D eigenvalue weighted by molar-refractivity contribution is -0.870.